The first-order valence-electron chi connectivity index (χ1n) is 3.62. The van der Waals surface area contributed by atoms with Crippen LogP contribution in [0.5, 0.6) is 0 Å². The molecule has 78 valence electrons. The van der Waals surface area contributed by atoms with Crippen molar-refractivity contribution >= 4 is 26.7 Å². The summed E-state index contributed by atoms with van der Waals surface area (Å²) >= 11 is 0. The van der Waals surface area contributed by atoms with E-state index in [1.807, 2.05) is 0 Å². The minimum Gasteiger partial charge on any atom is -0.305 e. The highest BCUT2D eigenvalue weighted by Crippen LogP contribution is 2.12. The molecule has 0 aliphatic carbocycles. The van der Waals surface area contributed by atoms with E-state index in [2.05, 4.69) is 4.72 Å². The van der Waals surface area contributed by atoms with Gasteiger partial charge in [-0.2, -0.15) is 0 Å². The van der Waals surface area contributed by atoms with E-state index in [9.17, 15) is 12.6 Å². The highest BCUT2D eigenvalue weighted by Gasteiger charge is 2.06. The molecule has 0 aliphatic heterocycles. The van der Waals surface area contributed by atoms with Crippen LogP contribution in [0, 0.1) is 0 Å². The Labute approximate surface area is 85.0 Å². The third kappa shape index (κ3) is 3.09. The maximum atomic E-state index is 10.9. The molecular weight excluding hydrogens is 224 g/mol. The molecule has 14 heavy (non-hydrogen) atoms. The van der Waals surface area contributed by atoms with Crippen molar-refractivity contribution in [2.24, 2.45) is 5.14 Å². The number of nitrogens with two attached hydrogens (primary N) is 1. The van der Waals surface area contributed by atoms with Gasteiger partial charge in [-0.15, -0.1) is 0 Å². The van der Waals surface area contributed by atoms with Gasteiger partial charge in [0.2, 0.25) is 10.0 Å². The molecule has 1 aromatic rings. The number of anilines is 1. The fourth-order valence-corrected chi connectivity index (χ4v) is 1.86. The Morgan fingerprint density at radius 3 is 2.14 bits per heavy atom. The summed E-state index contributed by atoms with van der Waals surface area (Å²) in [5.74, 6) is 0. The summed E-state index contributed by atoms with van der Waals surface area (Å²) in [6, 6.07) is 5.71. The largest absolute Gasteiger partial charge is 0.305 e. The van der Waals surface area contributed by atoms with E-state index in [1.54, 1.807) is 0 Å². The zero-order valence-electron chi connectivity index (χ0n) is 7.43. The van der Waals surface area contributed by atoms with Gasteiger partial charge in [0.25, 0.3) is 0 Å². The number of primary sulfonamides is 1. The van der Waals surface area contributed by atoms with Crippen molar-refractivity contribution in [1.29, 1.82) is 0 Å². The molecule has 1 atom stereocenters. The quantitative estimate of drug-likeness (QED) is 0.773. The number of rotatable bonds is 3. The van der Waals surface area contributed by atoms with E-state index < -0.39 is 21.0 Å². The standard InChI is InChI=1S/C7H10N2O3S2/c1-13(10)9-6-2-4-7(5-3-6)14(8,11)12/h2-5,9H,1H3,(H2,8,11,12). The van der Waals surface area contributed by atoms with Gasteiger partial charge in [-0.1, -0.05) is 0 Å². The SMILES string of the molecule is CS(=O)Nc1ccc(S(N)(=O)=O)cc1. The van der Waals surface area contributed by atoms with Crippen LogP contribution >= 0.6 is 0 Å². The minimum atomic E-state index is -3.65. The third-order valence-electron chi connectivity index (χ3n) is 1.44. The maximum Gasteiger partial charge on any atom is 0.238 e. The Morgan fingerprint density at radius 2 is 1.79 bits per heavy atom. The molecule has 3 N–H and O–H groups in total. The first kappa shape index (κ1) is 11.2. The number of hydrogen-bond donors (Lipinski definition) is 2. The van der Waals surface area contributed by atoms with Crippen LogP contribution in [0.15, 0.2) is 29.2 Å². The second kappa shape index (κ2) is 4.07. The number of sulfonamides is 1. The van der Waals surface area contributed by atoms with Gasteiger partial charge < -0.3 is 4.72 Å². The van der Waals surface area contributed by atoms with Gasteiger partial charge in [0.1, 0.15) is 11.0 Å². The van der Waals surface area contributed by atoms with Crippen LogP contribution < -0.4 is 9.86 Å². The fourth-order valence-electron chi connectivity index (χ4n) is 0.879. The van der Waals surface area contributed by atoms with Crippen molar-refractivity contribution in [1.82, 2.24) is 0 Å². The predicted octanol–water partition coefficient (Wildman–Crippen LogP) is 0.0394. The van der Waals surface area contributed by atoms with E-state index in [0.29, 0.717) is 5.69 Å². The van der Waals surface area contributed by atoms with Crippen LogP contribution in [0.25, 0.3) is 0 Å². The molecule has 0 heterocycles. The Hall–Kier alpha value is -0.920. The Morgan fingerprint density at radius 1 is 1.29 bits per heavy atom. The minimum absolute atomic E-state index is 0.0323. The Balaban J connectivity index is 2.95. The molecule has 7 heteroatoms. The van der Waals surface area contributed by atoms with Crippen molar-refractivity contribution in [2.75, 3.05) is 11.0 Å². The molecule has 1 rings (SSSR count). The van der Waals surface area contributed by atoms with Gasteiger partial charge in [-0.3, -0.25) is 0 Å². The summed E-state index contributed by atoms with van der Waals surface area (Å²) in [6.45, 7) is 0. The molecule has 0 aromatic heterocycles. The second-order valence-corrected chi connectivity index (χ2v) is 5.30. The average molecular weight is 234 g/mol. The molecule has 1 aromatic carbocycles. The van der Waals surface area contributed by atoms with Crippen LogP contribution in [0.2, 0.25) is 0 Å². The molecule has 0 radical (unpaired) electrons. The second-order valence-electron chi connectivity index (χ2n) is 2.63. The van der Waals surface area contributed by atoms with E-state index in [0.717, 1.165) is 0 Å². The summed E-state index contributed by atoms with van der Waals surface area (Å²) in [7, 11) is -4.83. The average Bonchev–Trinajstić information content (AvgIpc) is 2.02. The number of hydrogen-bond acceptors (Lipinski definition) is 3. The highest BCUT2D eigenvalue weighted by molar-refractivity contribution is 7.89. The topological polar surface area (TPSA) is 89.3 Å². The van der Waals surface area contributed by atoms with Gasteiger partial charge in [-0.25, -0.2) is 17.8 Å². The highest BCUT2D eigenvalue weighted by atomic mass is 32.2. The summed E-state index contributed by atoms with van der Waals surface area (Å²) in [5.41, 5.74) is 0.582. The predicted molar refractivity (Wildman–Crippen MR) is 55.5 cm³/mol. The molecule has 0 fully saturated rings. The van der Waals surface area contributed by atoms with Gasteiger partial charge in [-0.05, 0) is 24.3 Å². The molecule has 0 bridgehead atoms. The lowest BCUT2D eigenvalue weighted by Gasteiger charge is -2.02. The van der Waals surface area contributed by atoms with Gasteiger partial charge >= 0.3 is 0 Å². The summed E-state index contributed by atoms with van der Waals surface area (Å²) in [4.78, 5) is 0.0323. The molecule has 0 saturated heterocycles. The molecule has 0 spiro atoms. The van der Waals surface area contributed by atoms with Crippen LogP contribution in [-0.4, -0.2) is 18.9 Å². The number of nitrogens with one attached hydrogen (secondary N) is 1. The number of benzene rings is 1. The van der Waals surface area contributed by atoms with Crippen LogP contribution in [0.4, 0.5) is 5.69 Å². The molecule has 0 amide bonds. The lowest BCUT2D eigenvalue weighted by molar-refractivity contribution is 0.598. The van der Waals surface area contributed by atoms with E-state index in [4.69, 9.17) is 5.14 Å². The lowest BCUT2D eigenvalue weighted by atomic mass is 10.3. The third-order valence-corrected chi connectivity index (χ3v) is 2.90. The van der Waals surface area contributed by atoms with Gasteiger partial charge in [0, 0.05) is 11.9 Å². The maximum absolute atomic E-state index is 10.9. The van der Waals surface area contributed by atoms with E-state index in [-0.39, 0.29) is 4.90 Å². The van der Waals surface area contributed by atoms with Gasteiger partial charge in [0.15, 0.2) is 0 Å². The van der Waals surface area contributed by atoms with Crippen LogP contribution in [-0.2, 0) is 21.0 Å². The van der Waals surface area contributed by atoms with Crippen molar-refractivity contribution in [2.45, 2.75) is 4.90 Å². The Kier molecular flexibility index (Phi) is 3.25. The van der Waals surface area contributed by atoms with Gasteiger partial charge in [0.05, 0.1) is 4.90 Å². The molecule has 1 unspecified atom stereocenters. The summed E-state index contributed by atoms with van der Waals surface area (Å²) in [5, 5.41) is 4.90. The van der Waals surface area contributed by atoms with Crippen molar-refractivity contribution < 1.29 is 12.6 Å². The smallest absolute Gasteiger partial charge is 0.238 e. The lowest BCUT2D eigenvalue weighted by Crippen LogP contribution is -2.12. The molecule has 0 saturated carbocycles. The first-order chi connectivity index (χ1) is 6.39. The van der Waals surface area contributed by atoms with E-state index >= 15 is 0 Å². The van der Waals surface area contributed by atoms with Crippen LogP contribution in [0.3, 0.4) is 0 Å². The zero-order chi connectivity index (χ0) is 10.8. The normalized spacial score (nSPS) is 13.6. The molecule has 5 nitrogen and oxygen atoms in total. The Bertz CT molecular complexity index is 439. The first-order valence-corrected chi connectivity index (χ1v) is 6.73. The molecule has 0 aliphatic rings. The summed E-state index contributed by atoms with van der Waals surface area (Å²) in [6.07, 6.45) is 1.48. The zero-order valence-corrected chi connectivity index (χ0v) is 9.06. The van der Waals surface area contributed by atoms with Crippen molar-refractivity contribution in [3.8, 4) is 0 Å². The molecular formula is C7H10N2O3S2. The fraction of sp³-hybridized carbons (Fsp3) is 0.143. The summed E-state index contributed by atoms with van der Waals surface area (Å²) < 4.78 is 35.1. The van der Waals surface area contributed by atoms with Crippen molar-refractivity contribution in [3.05, 3.63) is 24.3 Å². The van der Waals surface area contributed by atoms with E-state index in [1.165, 1.54) is 30.5 Å². The van der Waals surface area contributed by atoms with Crippen LogP contribution in [0.1, 0.15) is 0 Å². The monoisotopic (exact) mass is 234 g/mol. The van der Waals surface area contributed by atoms with Crippen molar-refractivity contribution in [3.63, 3.8) is 0 Å².